The molecule has 0 aliphatic carbocycles. The highest BCUT2D eigenvalue weighted by atomic mass is 32.1. The molecule has 3 rings (SSSR count). The number of anilines is 1. The van der Waals surface area contributed by atoms with Gasteiger partial charge in [0.1, 0.15) is 12.7 Å². The number of nitrogens with one attached hydrogen (secondary N) is 2. The second-order valence-corrected chi connectivity index (χ2v) is 8.65. The highest BCUT2D eigenvalue weighted by Crippen LogP contribution is 2.29. The van der Waals surface area contributed by atoms with Gasteiger partial charge < -0.3 is 34.3 Å². The number of carbonyl (C=O) groups is 4. The molecule has 0 unspecified atom stereocenters. The molecule has 1 heterocycles. The molecule has 1 saturated heterocycles. The van der Waals surface area contributed by atoms with Gasteiger partial charge in [0, 0.05) is 38.8 Å². The number of hydrogen-bond donors (Lipinski definition) is 2. The lowest BCUT2D eigenvalue weighted by molar-refractivity contribution is -0.254. The van der Waals surface area contributed by atoms with Gasteiger partial charge in [-0.3, -0.25) is 19.2 Å². The van der Waals surface area contributed by atoms with E-state index in [0.717, 1.165) is 24.6 Å². The van der Waals surface area contributed by atoms with Crippen molar-refractivity contribution < 1.29 is 42.9 Å². The van der Waals surface area contributed by atoms with Crippen molar-refractivity contribution in [3.05, 3.63) is 42.5 Å². The Morgan fingerprint density at radius 2 is 1.41 bits per heavy atom. The van der Waals surface area contributed by atoms with Gasteiger partial charge in [0.15, 0.2) is 29.7 Å². The molecule has 5 atom stereocenters. The first-order chi connectivity index (χ1) is 17.5. The molecule has 0 bridgehead atoms. The highest BCUT2D eigenvalue weighted by Gasteiger charge is 2.52. The van der Waals surface area contributed by atoms with Crippen molar-refractivity contribution in [2.24, 2.45) is 0 Å². The normalized spacial score (nSPS) is 22.9. The molecule has 2 N–H and O–H groups in total. The zero-order valence-electron chi connectivity index (χ0n) is 20.7. The fourth-order valence-corrected chi connectivity index (χ4v) is 4.19. The van der Waals surface area contributed by atoms with E-state index in [-0.39, 0.29) is 11.7 Å². The Bertz CT molecular complexity index is 1180. The standard InChI is InChI=1S/C25H28N2O9S/c1-13(28)32-12-20-21(33-14(2)29)22(34-15(3)30)23(35-16(4)31)24(36-20)27-25(37)26-19-11-7-9-17-8-5-6-10-18(17)19/h5-11,20-24H,12H2,1-4H3,(H2,26,27,37)/t20-,21-,22-,23+,24-/m0/s1. The van der Waals surface area contributed by atoms with Gasteiger partial charge in [-0.1, -0.05) is 36.4 Å². The van der Waals surface area contributed by atoms with Crippen LogP contribution in [-0.2, 0) is 42.9 Å². The Kier molecular flexibility index (Phi) is 9.36. The molecule has 37 heavy (non-hydrogen) atoms. The van der Waals surface area contributed by atoms with Gasteiger partial charge in [-0.25, -0.2) is 0 Å². The van der Waals surface area contributed by atoms with Gasteiger partial charge in [-0.15, -0.1) is 0 Å². The maximum atomic E-state index is 12.0. The van der Waals surface area contributed by atoms with Crippen molar-refractivity contribution in [3.63, 3.8) is 0 Å². The average molecular weight is 533 g/mol. The summed E-state index contributed by atoms with van der Waals surface area (Å²) in [6.07, 6.45) is -6.07. The molecule has 1 fully saturated rings. The number of carbonyl (C=O) groups excluding carboxylic acids is 4. The molecule has 0 aromatic heterocycles. The smallest absolute Gasteiger partial charge is 0.303 e. The second-order valence-electron chi connectivity index (χ2n) is 8.25. The zero-order chi connectivity index (χ0) is 27.1. The van der Waals surface area contributed by atoms with Crippen LogP contribution in [0.4, 0.5) is 5.69 Å². The van der Waals surface area contributed by atoms with E-state index >= 15 is 0 Å². The van der Waals surface area contributed by atoms with Gasteiger partial charge in [-0.05, 0) is 23.7 Å². The Morgan fingerprint density at radius 1 is 0.811 bits per heavy atom. The quantitative estimate of drug-likeness (QED) is 0.307. The Labute approximate surface area is 218 Å². The molecule has 198 valence electrons. The largest absolute Gasteiger partial charge is 0.463 e. The molecule has 1 aliphatic heterocycles. The van der Waals surface area contributed by atoms with Gasteiger partial charge in [0.05, 0.1) is 0 Å². The monoisotopic (exact) mass is 532 g/mol. The molecule has 0 saturated carbocycles. The van der Waals surface area contributed by atoms with Crippen LogP contribution in [0.1, 0.15) is 27.7 Å². The third-order valence-electron chi connectivity index (χ3n) is 5.30. The van der Waals surface area contributed by atoms with E-state index in [1.807, 2.05) is 42.5 Å². The van der Waals surface area contributed by atoms with Crippen LogP contribution in [0.5, 0.6) is 0 Å². The van der Waals surface area contributed by atoms with Gasteiger partial charge >= 0.3 is 23.9 Å². The molecule has 1 aliphatic rings. The number of rotatable bonds is 7. The summed E-state index contributed by atoms with van der Waals surface area (Å²) in [5.41, 5.74) is 0.709. The van der Waals surface area contributed by atoms with Crippen molar-refractivity contribution >= 4 is 57.7 Å². The van der Waals surface area contributed by atoms with Crippen LogP contribution in [0, 0.1) is 0 Å². The molecular formula is C25H28N2O9S. The number of fused-ring (bicyclic) bond motifs is 1. The van der Waals surface area contributed by atoms with Crippen molar-refractivity contribution in [3.8, 4) is 0 Å². The fourth-order valence-electron chi connectivity index (χ4n) is 3.97. The van der Waals surface area contributed by atoms with E-state index in [1.54, 1.807) is 0 Å². The van der Waals surface area contributed by atoms with Crippen molar-refractivity contribution in [1.82, 2.24) is 5.32 Å². The summed E-state index contributed by atoms with van der Waals surface area (Å²) in [7, 11) is 0. The summed E-state index contributed by atoms with van der Waals surface area (Å²) in [4.78, 5) is 47.2. The van der Waals surface area contributed by atoms with Crippen LogP contribution < -0.4 is 10.6 Å². The summed E-state index contributed by atoms with van der Waals surface area (Å²) >= 11 is 5.50. The minimum atomic E-state index is -1.29. The molecule has 0 amide bonds. The van der Waals surface area contributed by atoms with Gasteiger partial charge in [0.2, 0.25) is 0 Å². The maximum Gasteiger partial charge on any atom is 0.303 e. The molecule has 2 aromatic carbocycles. The summed E-state index contributed by atoms with van der Waals surface area (Å²) in [6, 6.07) is 13.3. The lowest BCUT2D eigenvalue weighted by Gasteiger charge is -2.44. The summed E-state index contributed by atoms with van der Waals surface area (Å²) < 4.78 is 27.3. The SMILES string of the molecule is CC(=O)OC[C@@H]1O[C@H](NC(=S)Nc2cccc3ccccc23)[C@H](OC(C)=O)[C@@H](OC(C)=O)[C@H]1OC(C)=O. The van der Waals surface area contributed by atoms with Crippen LogP contribution in [0.15, 0.2) is 42.5 Å². The van der Waals surface area contributed by atoms with E-state index in [1.165, 1.54) is 13.8 Å². The predicted octanol–water partition coefficient (Wildman–Crippen LogP) is 2.21. The predicted molar refractivity (Wildman–Crippen MR) is 135 cm³/mol. The lowest BCUT2D eigenvalue weighted by Crippen LogP contribution is -2.66. The lowest BCUT2D eigenvalue weighted by atomic mass is 9.97. The minimum absolute atomic E-state index is 0.109. The first-order valence-corrected chi connectivity index (χ1v) is 11.8. The number of benzene rings is 2. The van der Waals surface area contributed by atoms with E-state index in [0.29, 0.717) is 5.69 Å². The number of hydrogen-bond acceptors (Lipinski definition) is 10. The molecule has 11 nitrogen and oxygen atoms in total. The summed E-state index contributed by atoms with van der Waals surface area (Å²) in [5.74, 6) is -2.73. The molecule has 0 spiro atoms. The third kappa shape index (κ3) is 7.61. The van der Waals surface area contributed by atoms with E-state index in [4.69, 9.17) is 35.9 Å². The number of ether oxygens (including phenoxy) is 5. The van der Waals surface area contributed by atoms with Crippen molar-refractivity contribution in [1.29, 1.82) is 0 Å². The zero-order valence-corrected chi connectivity index (χ0v) is 21.5. The van der Waals surface area contributed by atoms with Crippen LogP contribution in [-0.4, -0.2) is 66.2 Å². The van der Waals surface area contributed by atoms with Crippen molar-refractivity contribution in [2.75, 3.05) is 11.9 Å². The van der Waals surface area contributed by atoms with Crippen LogP contribution >= 0.6 is 12.2 Å². The first kappa shape index (κ1) is 27.8. The van der Waals surface area contributed by atoms with E-state index in [2.05, 4.69) is 10.6 Å². The Hall–Kier alpha value is -3.77. The molecule has 12 heteroatoms. The molecular weight excluding hydrogens is 504 g/mol. The van der Waals surface area contributed by atoms with Crippen LogP contribution in [0.3, 0.4) is 0 Å². The van der Waals surface area contributed by atoms with Gasteiger partial charge in [-0.2, -0.15) is 0 Å². The maximum absolute atomic E-state index is 12.0. The van der Waals surface area contributed by atoms with Gasteiger partial charge in [0.25, 0.3) is 0 Å². The van der Waals surface area contributed by atoms with Crippen LogP contribution in [0.25, 0.3) is 10.8 Å². The highest BCUT2D eigenvalue weighted by molar-refractivity contribution is 7.80. The van der Waals surface area contributed by atoms with E-state index < -0.39 is 54.5 Å². The number of esters is 4. The fraction of sp³-hybridized carbons (Fsp3) is 0.400. The van der Waals surface area contributed by atoms with Crippen LogP contribution in [0.2, 0.25) is 0 Å². The number of thiocarbonyl (C=S) groups is 1. The summed E-state index contributed by atoms with van der Waals surface area (Å²) in [5, 5.41) is 8.03. The Morgan fingerprint density at radius 3 is 2.05 bits per heavy atom. The topological polar surface area (TPSA) is 138 Å². The van der Waals surface area contributed by atoms with Crippen molar-refractivity contribution in [2.45, 2.75) is 58.3 Å². The second kappa shape index (κ2) is 12.5. The third-order valence-corrected chi connectivity index (χ3v) is 5.52. The average Bonchev–Trinajstić information content (AvgIpc) is 2.81. The minimum Gasteiger partial charge on any atom is -0.463 e. The molecule has 0 radical (unpaired) electrons. The Balaban J connectivity index is 1.91. The molecule has 2 aromatic rings. The van der Waals surface area contributed by atoms with E-state index in [9.17, 15) is 19.2 Å². The summed E-state index contributed by atoms with van der Waals surface area (Å²) in [6.45, 7) is 4.34. The first-order valence-electron chi connectivity index (χ1n) is 11.4.